The van der Waals surface area contributed by atoms with Crippen molar-refractivity contribution in [2.45, 2.75) is 32.9 Å². The monoisotopic (exact) mass is 394 g/mol. The molecule has 0 amide bonds. The number of para-hydroxylation sites is 1. The first kappa shape index (κ1) is 18.6. The molecule has 1 saturated heterocycles. The number of hydrogen-bond donors (Lipinski definition) is 1. The summed E-state index contributed by atoms with van der Waals surface area (Å²) in [6, 6.07) is 14.9. The number of halogens is 1. The van der Waals surface area contributed by atoms with Crippen molar-refractivity contribution in [2.75, 3.05) is 6.54 Å². The summed E-state index contributed by atoms with van der Waals surface area (Å²) in [7, 11) is 0. The number of thiocarbonyl (C=S) groups is 1. The van der Waals surface area contributed by atoms with Gasteiger partial charge in [-0.1, -0.05) is 18.2 Å². The zero-order valence-corrected chi connectivity index (χ0v) is 17.0. The molecule has 4 rings (SSSR count). The third-order valence-corrected chi connectivity index (χ3v) is 5.77. The van der Waals surface area contributed by atoms with Gasteiger partial charge in [-0.3, -0.25) is 4.98 Å². The maximum atomic E-state index is 14.5. The van der Waals surface area contributed by atoms with Gasteiger partial charge in [-0.25, -0.2) is 4.39 Å². The highest BCUT2D eigenvalue weighted by atomic mass is 32.1. The van der Waals surface area contributed by atoms with Crippen LogP contribution in [0.25, 0.3) is 5.69 Å². The van der Waals surface area contributed by atoms with E-state index >= 15 is 0 Å². The first-order valence-electron chi connectivity index (χ1n) is 9.44. The summed E-state index contributed by atoms with van der Waals surface area (Å²) in [4.78, 5) is 6.74. The predicted octanol–water partition coefficient (Wildman–Crippen LogP) is 4.62. The molecule has 0 spiro atoms. The van der Waals surface area contributed by atoms with E-state index < -0.39 is 0 Å². The molecule has 3 heterocycles. The molecule has 2 aromatic heterocycles. The molecule has 3 aromatic rings. The number of pyridine rings is 1. The van der Waals surface area contributed by atoms with Gasteiger partial charge in [0.15, 0.2) is 5.11 Å². The smallest absolute Gasteiger partial charge is 0.170 e. The number of rotatable bonds is 4. The lowest BCUT2D eigenvalue weighted by molar-refractivity contribution is 0.329. The fraction of sp³-hybridized carbons (Fsp3) is 0.273. The fourth-order valence-corrected chi connectivity index (χ4v) is 4.54. The normalized spacial score (nSPS) is 19.1. The molecule has 1 aliphatic rings. The van der Waals surface area contributed by atoms with Crippen molar-refractivity contribution in [2.24, 2.45) is 0 Å². The van der Waals surface area contributed by atoms with Gasteiger partial charge in [0.2, 0.25) is 0 Å². The summed E-state index contributed by atoms with van der Waals surface area (Å²) in [5.74, 6) is -0.232. The van der Waals surface area contributed by atoms with E-state index in [-0.39, 0.29) is 17.9 Å². The van der Waals surface area contributed by atoms with Crippen LogP contribution in [-0.4, -0.2) is 26.1 Å². The lowest BCUT2D eigenvalue weighted by Crippen LogP contribution is -2.29. The highest BCUT2D eigenvalue weighted by molar-refractivity contribution is 7.80. The lowest BCUT2D eigenvalue weighted by atomic mass is 9.97. The SMILES string of the molecule is CCN1C(=S)N[C@H](c2ccccn2)[C@@H]1c1cc(C)n(-c2ccccc2F)c1C. The molecule has 1 fully saturated rings. The van der Waals surface area contributed by atoms with Crippen molar-refractivity contribution in [1.82, 2.24) is 19.8 Å². The third kappa shape index (κ3) is 2.98. The van der Waals surface area contributed by atoms with Crippen LogP contribution in [0.5, 0.6) is 0 Å². The molecule has 1 N–H and O–H groups in total. The number of hydrogen-bond acceptors (Lipinski definition) is 2. The van der Waals surface area contributed by atoms with E-state index in [4.69, 9.17) is 12.2 Å². The molecule has 2 atom stereocenters. The molecule has 6 heteroatoms. The topological polar surface area (TPSA) is 33.1 Å². The maximum Gasteiger partial charge on any atom is 0.170 e. The van der Waals surface area contributed by atoms with Crippen LogP contribution in [0.3, 0.4) is 0 Å². The summed E-state index contributed by atoms with van der Waals surface area (Å²) in [6.45, 7) is 6.93. The molecular weight excluding hydrogens is 371 g/mol. The van der Waals surface area contributed by atoms with Crippen LogP contribution in [-0.2, 0) is 0 Å². The lowest BCUT2D eigenvalue weighted by Gasteiger charge is -2.27. The van der Waals surface area contributed by atoms with Crippen LogP contribution in [0.15, 0.2) is 54.7 Å². The predicted molar refractivity (Wildman–Crippen MR) is 113 cm³/mol. The van der Waals surface area contributed by atoms with Gasteiger partial charge in [0.1, 0.15) is 5.82 Å². The Balaban J connectivity index is 1.85. The number of aryl methyl sites for hydroxylation is 1. The molecule has 1 aliphatic heterocycles. The molecule has 0 bridgehead atoms. The second-order valence-electron chi connectivity index (χ2n) is 7.03. The Kier molecular flexibility index (Phi) is 4.89. The molecular formula is C22H23FN4S. The minimum absolute atomic E-state index is 0.000812. The van der Waals surface area contributed by atoms with Gasteiger partial charge in [0, 0.05) is 24.1 Å². The Morgan fingerprint density at radius 3 is 2.57 bits per heavy atom. The molecule has 0 saturated carbocycles. The molecule has 144 valence electrons. The number of likely N-dealkylation sites (N-methyl/N-ethyl adjacent to an activating group) is 1. The molecule has 0 radical (unpaired) electrons. The molecule has 0 aliphatic carbocycles. The van der Waals surface area contributed by atoms with Crippen LogP contribution in [0, 0.1) is 19.7 Å². The number of nitrogens with one attached hydrogen (secondary N) is 1. The van der Waals surface area contributed by atoms with E-state index in [2.05, 4.69) is 28.2 Å². The van der Waals surface area contributed by atoms with Crippen LogP contribution < -0.4 is 5.32 Å². The summed E-state index contributed by atoms with van der Waals surface area (Å²) in [5.41, 5.74) is 4.64. The summed E-state index contributed by atoms with van der Waals surface area (Å²) >= 11 is 5.61. The van der Waals surface area contributed by atoms with Gasteiger partial charge in [0.05, 0.1) is 23.5 Å². The van der Waals surface area contributed by atoms with Gasteiger partial charge in [-0.2, -0.15) is 0 Å². The van der Waals surface area contributed by atoms with E-state index in [0.717, 1.165) is 34.3 Å². The standard InChI is InChI=1S/C22H23FN4S/c1-4-26-21(20(25-22(26)28)18-10-7-8-12-24-18)16-13-14(2)27(15(16)3)19-11-6-5-9-17(19)23/h5-13,20-21H,4H2,1-3H3,(H,25,28)/t20-,21+/m1/s1. The average molecular weight is 395 g/mol. The fourth-order valence-electron chi connectivity index (χ4n) is 4.18. The molecule has 4 nitrogen and oxygen atoms in total. The number of nitrogens with zero attached hydrogens (tertiary/aromatic N) is 3. The number of benzene rings is 1. The maximum absolute atomic E-state index is 14.5. The van der Waals surface area contributed by atoms with E-state index in [9.17, 15) is 4.39 Å². The first-order chi connectivity index (χ1) is 13.5. The first-order valence-corrected chi connectivity index (χ1v) is 9.85. The van der Waals surface area contributed by atoms with Crippen molar-refractivity contribution in [3.8, 4) is 5.69 Å². The average Bonchev–Trinajstić information content (AvgIpc) is 3.18. The van der Waals surface area contributed by atoms with E-state index in [1.807, 2.05) is 48.7 Å². The summed E-state index contributed by atoms with van der Waals surface area (Å²) < 4.78 is 16.5. The Labute approximate surface area is 170 Å². The summed E-state index contributed by atoms with van der Waals surface area (Å²) in [6.07, 6.45) is 1.80. The van der Waals surface area contributed by atoms with Crippen molar-refractivity contribution >= 4 is 17.3 Å². The highest BCUT2D eigenvalue weighted by Gasteiger charge is 2.40. The molecule has 28 heavy (non-hydrogen) atoms. The third-order valence-electron chi connectivity index (χ3n) is 5.42. The van der Waals surface area contributed by atoms with Crippen LogP contribution >= 0.6 is 12.2 Å². The minimum atomic E-state index is -0.232. The van der Waals surface area contributed by atoms with Gasteiger partial charge in [-0.15, -0.1) is 0 Å². The van der Waals surface area contributed by atoms with Crippen LogP contribution in [0.2, 0.25) is 0 Å². The van der Waals surface area contributed by atoms with Crippen molar-refractivity contribution < 1.29 is 4.39 Å². The van der Waals surface area contributed by atoms with Gasteiger partial charge < -0.3 is 14.8 Å². The summed E-state index contributed by atoms with van der Waals surface area (Å²) in [5, 5.41) is 4.16. The van der Waals surface area contributed by atoms with Crippen LogP contribution in [0.1, 0.15) is 41.7 Å². The van der Waals surface area contributed by atoms with Crippen LogP contribution in [0.4, 0.5) is 4.39 Å². The van der Waals surface area contributed by atoms with E-state index in [1.54, 1.807) is 12.3 Å². The Morgan fingerprint density at radius 1 is 1.14 bits per heavy atom. The quantitative estimate of drug-likeness (QED) is 0.655. The Hall–Kier alpha value is -2.73. The molecule has 1 aromatic carbocycles. The van der Waals surface area contributed by atoms with Gasteiger partial charge >= 0.3 is 0 Å². The molecule has 0 unspecified atom stereocenters. The van der Waals surface area contributed by atoms with E-state index in [0.29, 0.717) is 5.69 Å². The second-order valence-corrected chi connectivity index (χ2v) is 7.41. The van der Waals surface area contributed by atoms with E-state index in [1.165, 1.54) is 6.07 Å². The van der Waals surface area contributed by atoms with Crippen molar-refractivity contribution in [3.63, 3.8) is 0 Å². The number of aromatic nitrogens is 2. The zero-order valence-electron chi connectivity index (χ0n) is 16.2. The van der Waals surface area contributed by atoms with Crippen molar-refractivity contribution in [3.05, 3.63) is 83.2 Å². The minimum Gasteiger partial charge on any atom is -0.352 e. The largest absolute Gasteiger partial charge is 0.352 e. The zero-order chi connectivity index (χ0) is 19.8. The van der Waals surface area contributed by atoms with Gasteiger partial charge in [0.25, 0.3) is 0 Å². The van der Waals surface area contributed by atoms with Gasteiger partial charge in [-0.05, 0) is 68.9 Å². The Bertz CT molecular complexity index is 1010. The second kappa shape index (κ2) is 7.36. The highest BCUT2D eigenvalue weighted by Crippen LogP contribution is 2.41. The van der Waals surface area contributed by atoms with Crippen molar-refractivity contribution in [1.29, 1.82) is 0 Å². The Morgan fingerprint density at radius 2 is 1.89 bits per heavy atom.